The molecule has 3 nitrogen and oxygen atoms in total. The van der Waals surface area contributed by atoms with Gasteiger partial charge in [-0.25, -0.2) is 13.2 Å². The average Bonchev–Trinajstić information content (AvgIpc) is 2.55. The van der Waals surface area contributed by atoms with Crippen LogP contribution < -0.4 is 5.32 Å². The van der Waals surface area contributed by atoms with E-state index in [0.29, 0.717) is 38.5 Å². The lowest BCUT2D eigenvalue weighted by atomic mass is 9.74. The summed E-state index contributed by atoms with van der Waals surface area (Å²) in [4.78, 5) is 0. The Bertz CT molecular complexity index is 521. The van der Waals surface area contributed by atoms with E-state index in [1.165, 1.54) is 0 Å². The van der Waals surface area contributed by atoms with Crippen LogP contribution in [0, 0.1) is 23.4 Å². The average molecular weight is 331 g/mol. The predicted molar refractivity (Wildman–Crippen MR) is 81.5 cm³/mol. The van der Waals surface area contributed by atoms with Gasteiger partial charge in [-0.2, -0.15) is 0 Å². The van der Waals surface area contributed by atoms with Crippen molar-refractivity contribution in [2.24, 2.45) is 5.92 Å². The van der Waals surface area contributed by atoms with Crippen LogP contribution in [-0.4, -0.2) is 31.9 Å². The summed E-state index contributed by atoms with van der Waals surface area (Å²) in [5.74, 6) is -3.59. The minimum atomic E-state index is -1.59. The molecule has 2 rings (SSSR count). The van der Waals surface area contributed by atoms with E-state index in [9.17, 15) is 18.3 Å². The Balaban J connectivity index is 2.32. The molecule has 130 valence electrons. The van der Waals surface area contributed by atoms with Gasteiger partial charge in [-0.3, -0.25) is 0 Å². The summed E-state index contributed by atoms with van der Waals surface area (Å²) in [6, 6.07) is 1.42. The Labute approximate surface area is 134 Å². The maximum absolute atomic E-state index is 14.3. The molecule has 2 atom stereocenters. The second-order valence-corrected chi connectivity index (χ2v) is 6.17. The summed E-state index contributed by atoms with van der Waals surface area (Å²) in [5.41, 5.74) is -1.87. The second kappa shape index (κ2) is 8.13. The molecule has 1 fully saturated rings. The summed E-state index contributed by atoms with van der Waals surface area (Å²) in [5, 5.41) is 14.3. The van der Waals surface area contributed by atoms with Crippen LogP contribution in [0.15, 0.2) is 12.1 Å². The number of halogens is 3. The quantitative estimate of drug-likeness (QED) is 0.596. The largest absolute Gasteiger partial charge is 0.385 e. The van der Waals surface area contributed by atoms with Gasteiger partial charge in [0.1, 0.15) is 5.82 Å². The summed E-state index contributed by atoms with van der Waals surface area (Å²) < 4.78 is 46.5. The third-order valence-electron chi connectivity index (χ3n) is 4.59. The van der Waals surface area contributed by atoms with Crippen molar-refractivity contribution in [3.05, 3.63) is 35.1 Å². The summed E-state index contributed by atoms with van der Waals surface area (Å²) in [7, 11) is 1.58. The number of aliphatic hydroxyl groups is 1. The topological polar surface area (TPSA) is 41.5 Å². The van der Waals surface area contributed by atoms with E-state index in [0.717, 1.165) is 19.0 Å². The van der Waals surface area contributed by atoms with Crippen molar-refractivity contribution in [3.8, 4) is 0 Å². The summed E-state index contributed by atoms with van der Waals surface area (Å²) in [6.07, 6.45) is 3.04. The molecule has 2 N–H and O–H groups in total. The third kappa shape index (κ3) is 4.25. The number of hydrogen-bond donors (Lipinski definition) is 2. The molecule has 0 saturated carbocycles. The highest BCUT2D eigenvalue weighted by molar-refractivity contribution is 5.27. The molecule has 23 heavy (non-hydrogen) atoms. The number of benzene rings is 1. The van der Waals surface area contributed by atoms with Gasteiger partial charge < -0.3 is 15.2 Å². The van der Waals surface area contributed by atoms with Crippen molar-refractivity contribution in [1.29, 1.82) is 0 Å². The molecule has 6 heteroatoms. The van der Waals surface area contributed by atoms with Gasteiger partial charge in [0, 0.05) is 37.8 Å². The van der Waals surface area contributed by atoms with Crippen LogP contribution in [0.2, 0.25) is 0 Å². The normalized spacial score (nSPS) is 21.2. The van der Waals surface area contributed by atoms with Gasteiger partial charge in [0.25, 0.3) is 0 Å². The smallest absolute Gasteiger partial charge is 0.165 e. The first-order valence-corrected chi connectivity index (χ1v) is 8.06. The van der Waals surface area contributed by atoms with Gasteiger partial charge in [0.15, 0.2) is 11.6 Å². The van der Waals surface area contributed by atoms with Crippen LogP contribution in [-0.2, 0) is 10.3 Å². The molecular formula is C17H24F3NO2. The van der Waals surface area contributed by atoms with E-state index in [4.69, 9.17) is 4.74 Å². The van der Waals surface area contributed by atoms with Gasteiger partial charge in [0.05, 0.1) is 5.60 Å². The van der Waals surface area contributed by atoms with E-state index >= 15 is 0 Å². The number of piperidine rings is 1. The standard InChI is InChI=1S/C17H24F3NO2/c1-23-8-3-2-6-17(22,12-5-4-7-21-11-12)14-9-13(18)10-15(19)16(14)20/h9-10,12,21-22H,2-8,11H2,1H3/t12-,17+/m1/s1. The van der Waals surface area contributed by atoms with Gasteiger partial charge in [-0.05, 0) is 44.7 Å². The maximum Gasteiger partial charge on any atom is 0.165 e. The highest BCUT2D eigenvalue weighted by Crippen LogP contribution is 2.40. The fraction of sp³-hybridized carbons (Fsp3) is 0.647. The maximum atomic E-state index is 14.3. The molecule has 0 amide bonds. The molecule has 1 saturated heterocycles. The van der Waals surface area contributed by atoms with E-state index < -0.39 is 23.1 Å². The molecule has 0 unspecified atom stereocenters. The van der Waals surface area contributed by atoms with Gasteiger partial charge >= 0.3 is 0 Å². The number of unbranched alkanes of at least 4 members (excludes halogenated alkanes) is 1. The zero-order chi connectivity index (χ0) is 16.9. The van der Waals surface area contributed by atoms with Gasteiger partial charge in [0.2, 0.25) is 0 Å². The molecule has 1 aromatic rings. The van der Waals surface area contributed by atoms with Crippen molar-refractivity contribution in [1.82, 2.24) is 5.32 Å². The first-order chi connectivity index (χ1) is 11.0. The Morgan fingerprint density at radius 2 is 2.09 bits per heavy atom. The molecule has 0 bridgehead atoms. The number of ether oxygens (including phenoxy) is 1. The SMILES string of the molecule is COCCCC[C@@](O)(c1cc(F)cc(F)c1F)[C@@H]1CCCNC1. The first kappa shape index (κ1) is 18.2. The lowest BCUT2D eigenvalue weighted by Gasteiger charge is -2.39. The fourth-order valence-electron chi connectivity index (χ4n) is 3.33. The van der Waals surface area contributed by atoms with Crippen molar-refractivity contribution in [3.63, 3.8) is 0 Å². The molecular weight excluding hydrogens is 307 g/mol. The Kier molecular flexibility index (Phi) is 6.44. The van der Waals surface area contributed by atoms with Crippen LogP contribution in [0.5, 0.6) is 0 Å². The lowest BCUT2D eigenvalue weighted by molar-refractivity contribution is -0.0467. The third-order valence-corrected chi connectivity index (χ3v) is 4.59. The Morgan fingerprint density at radius 3 is 2.74 bits per heavy atom. The van der Waals surface area contributed by atoms with Crippen molar-refractivity contribution in [2.75, 3.05) is 26.8 Å². The molecule has 1 aromatic carbocycles. The summed E-state index contributed by atoms with van der Waals surface area (Å²) in [6.45, 7) is 1.85. The zero-order valence-corrected chi connectivity index (χ0v) is 13.4. The van der Waals surface area contributed by atoms with E-state index in [-0.39, 0.29) is 17.9 Å². The van der Waals surface area contributed by atoms with E-state index in [1.54, 1.807) is 7.11 Å². The minimum Gasteiger partial charge on any atom is -0.385 e. The molecule has 0 aliphatic carbocycles. The van der Waals surface area contributed by atoms with Crippen molar-refractivity contribution >= 4 is 0 Å². The van der Waals surface area contributed by atoms with Gasteiger partial charge in [-0.1, -0.05) is 0 Å². The van der Waals surface area contributed by atoms with Gasteiger partial charge in [-0.15, -0.1) is 0 Å². The lowest BCUT2D eigenvalue weighted by Crippen LogP contribution is -2.45. The van der Waals surface area contributed by atoms with E-state index in [1.807, 2.05) is 0 Å². The highest BCUT2D eigenvalue weighted by Gasteiger charge is 2.41. The Morgan fingerprint density at radius 1 is 1.30 bits per heavy atom. The Hall–Kier alpha value is -1.11. The number of hydrogen-bond acceptors (Lipinski definition) is 3. The monoisotopic (exact) mass is 331 g/mol. The highest BCUT2D eigenvalue weighted by atomic mass is 19.2. The van der Waals surface area contributed by atoms with Crippen LogP contribution >= 0.6 is 0 Å². The van der Waals surface area contributed by atoms with E-state index in [2.05, 4.69) is 5.32 Å². The van der Waals surface area contributed by atoms with Crippen molar-refractivity contribution < 1.29 is 23.0 Å². The molecule has 0 radical (unpaired) electrons. The zero-order valence-electron chi connectivity index (χ0n) is 13.4. The molecule has 0 spiro atoms. The summed E-state index contributed by atoms with van der Waals surface area (Å²) >= 11 is 0. The number of nitrogens with one attached hydrogen (secondary N) is 1. The van der Waals surface area contributed by atoms with Crippen LogP contribution in [0.3, 0.4) is 0 Å². The predicted octanol–water partition coefficient (Wildman–Crippen LogP) is 3.11. The van der Waals surface area contributed by atoms with Crippen molar-refractivity contribution in [2.45, 2.75) is 37.7 Å². The molecule has 1 heterocycles. The van der Waals surface area contributed by atoms with Crippen LogP contribution in [0.25, 0.3) is 0 Å². The minimum absolute atomic E-state index is 0.239. The molecule has 1 aliphatic heterocycles. The van der Waals surface area contributed by atoms with Crippen LogP contribution in [0.1, 0.15) is 37.7 Å². The fourth-order valence-corrected chi connectivity index (χ4v) is 3.33. The number of rotatable bonds is 7. The number of methoxy groups -OCH3 is 1. The first-order valence-electron chi connectivity index (χ1n) is 8.06. The molecule has 1 aliphatic rings. The van der Waals surface area contributed by atoms with Crippen LogP contribution in [0.4, 0.5) is 13.2 Å². The second-order valence-electron chi connectivity index (χ2n) is 6.17. The molecule has 0 aromatic heterocycles.